The van der Waals surface area contributed by atoms with Crippen LogP contribution in [0, 0.1) is 13.8 Å². The van der Waals surface area contributed by atoms with Crippen molar-refractivity contribution in [3.05, 3.63) is 64.5 Å². The third kappa shape index (κ3) is 3.25. The summed E-state index contributed by atoms with van der Waals surface area (Å²) in [5.74, 6) is 0.900. The van der Waals surface area contributed by atoms with Crippen LogP contribution in [-0.2, 0) is 12.8 Å². The molecule has 0 radical (unpaired) electrons. The molecule has 1 amide bonds. The number of hydrogen-bond acceptors (Lipinski definition) is 4. The molecule has 1 N–H and O–H groups in total. The average molecular weight is 347 g/mol. The lowest BCUT2D eigenvalue weighted by Gasteiger charge is -2.08. The van der Waals surface area contributed by atoms with Crippen molar-refractivity contribution in [2.24, 2.45) is 0 Å². The largest absolute Gasteiger partial charge is 0.493 e. The number of rotatable bonds is 4. The van der Waals surface area contributed by atoms with E-state index in [0.717, 1.165) is 47.6 Å². The van der Waals surface area contributed by atoms with Crippen molar-refractivity contribution in [2.75, 3.05) is 13.2 Å². The van der Waals surface area contributed by atoms with Gasteiger partial charge < -0.3 is 10.1 Å². The SMILES string of the molecule is Cc1nc2ccc(C(=O)NCCc3ccc4c(c3)CCO4)cc2nc1C. The molecule has 1 aromatic heterocycles. The Balaban J connectivity index is 1.41. The zero-order chi connectivity index (χ0) is 18.1. The maximum absolute atomic E-state index is 12.4. The fraction of sp³-hybridized carbons (Fsp3) is 0.286. The molecule has 4 rings (SSSR count). The first-order valence-corrected chi connectivity index (χ1v) is 8.88. The van der Waals surface area contributed by atoms with Gasteiger partial charge in [0.25, 0.3) is 5.91 Å². The van der Waals surface area contributed by atoms with E-state index in [9.17, 15) is 4.79 Å². The van der Waals surface area contributed by atoms with E-state index in [1.54, 1.807) is 12.1 Å². The molecule has 26 heavy (non-hydrogen) atoms. The molecule has 2 heterocycles. The molecule has 0 unspecified atom stereocenters. The second kappa shape index (κ2) is 6.75. The molecular weight excluding hydrogens is 326 g/mol. The highest BCUT2D eigenvalue weighted by atomic mass is 16.5. The zero-order valence-corrected chi connectivity index (χ0v) is 15.0. The van der Waals surface area contributed by atoms with Gasteiger partial charge in [0.05, 0.1) is 29.0 Å². The number of carbonyl (C=O) groups is 1. The molecule has 0 spiro atoms. The summed E-state index contributed by atoms with van der Waals surface area (Å²) in [7, 11) is 0. The summed E-state index contributed by atoms with van der Waals surface area (Å²) in [6.45, 7) is 5.22. The monoisotopic (exact) mass is 347 g/mol. The highest BCUT2D eigenvalue weighted by Gasteiger charge is 2.12. The minimum absolute atomic E-state index is 0.0866. The zero-order valence-electron chi connectivity index (χ0n) is 15.0. The molecular formula is C21H21N3O2. The van der Waals surface area contributed by atoms with Crippen LogP contribution in [-0.4, -0.2) is 29.0 Å². The van der Waals surface area contributed by atoms with Gasteiger partial charge in [0.2, 0.25) is 0 Å². The molecule has 1 aliphatic rings. The predicted octanol–water partition coefficient (Wildman–Crippen LogP) is 3.15. The molecule has 0 bridgehead atoms. The highest BCUT2D eigenvalue weighted by Crippen LogP contribution is 2.25. The van der Waals surface area contributed by atoms with Crippen molar-refractivity contribution in [2.45, 2.75) is 26.7 Å². The van der Waals surface area contributed by atoms with E-state index in [1.165, 1.54) is 11.1 Å². The number of ether oxygens (including phenoxy) is 1. The van der Waals surface area contributed by atoms with Crippen molar-refractivity contribution < 1.29 is 9.53 Å². The topological polar surface area (TPSA) is 64.1 Å². The van der Waals surface area contributed by atoms with Crippen LogP contribution in [0.3, 0.4) is 0 Å². The maximum atomic E-state index is 12.4. The van der Waals surface area contributed by atoms with Gasteiger partial charge in [-0.15, -0.1) is 0 Å². The third-order valence-corrected chi connectivity index (χ3v) is 4.79. The predicted molar refractivity (Wildman–Crippen MR) is 101 cm³/mol. The van der Waals surface area contributed by atoms with Crippen molar-refractivity contribution in [3.63, 3.8) is 0 Å². The second-order valence-electron chi connectivity index (χ2n) is 6.64. The smallest absolute Gasteiger partial charge is 0.251 e. The van der Waals surface area contributed by atoms with Crippen LogP contribution in [0.5, 0.6) is 5.75 Å². The summed E-state index contributed by atoms with van der Waals surface area (Å²) < 4.78 is 5.52. The van der Waals surface area contributed by atoms with Crippen molar-refractivity contribution in [3.8, 4) is 5.75 Å². The number of amides is 1. The highest BCUT2D eigenvalue weighted by molar-refractivity contribution is 5.97. The van der Waals surface area contributed by atoms with Crippen LogP contribution in [0.2, 0.25) is 0 Å². The molecule has 1 aliphatic heterocycles. The van der Waals surface area contributed by atoms with Crippen molar-refractivity contribution >= 4 is 16.9 Å². The van der Waals surface area contributed by atoms with E-state index in [1.807, 2.05) is 26.0 Å². The van der Waals surface area contributed by atoms with Gasteiger partial charge >= 0.3 is 0 Å². The molecule has 5 nitrogen and oxygen atoms in total. The van der Waals surface area contributed by atoms with E-state index in [0.29, 0.717) is 12.1 Å². The fourth-order valence-electron chi connectivity index (χ4n) is 3.19. The Morgan fingerprint density at radius 1 is 1.08 bits per heavy atom. The number of benzene rings is 2. The minimum Gasteiger partial charge on any atom is -0.493 e. The standard InChI is InChI=1S/C21H21N3O2/c1-13-14(2)24-19-12-17(4-5-18(19)23-13)21(25)22-9-7-15-3-6-20-16(11-15)8-10-26-20/h3-6,11-12H,7-10H2,1-2H3,(H,22,25). The van der Waals surface area contributed by atoms with E-state index in [4.69, 9.17) is 4.74 Å². The summed E-state index contributed by atoms with van der Waals surface area (Å²) in [4.78, 5) is 21.5. The van der Waals surface area contributed by atoms with Gasteiger partial charge in [0.1, 0.15) is 5.75 Å². The van der Waals surface area contributed by atoms with Gasteiger partial charge in [-0.25, -0.2) is 9.97 Å². The summed E-state index contributed by atoms with van der Waals surface area (Å²) in [6, 6.07) is 11.7. The summed E-state index contributed by atoms with van der Waals surface area (Å²) in [5, 5.41) is 2.99. The molecule has 132 valence electrons. The van der Waals surface area contributed by atoms with Crippen LogP contribution in [0.15, 0.2) is 36.4 Å². The van der Waals surface area contributed by atoms with Gasteiger partial charge in [0.15, 0.2) is 0 Å². The Morgan fingerprint density at radius 3 is 2.73 bits per heavy atom. The maximum Gasteiger partial charge on any atom is 0.251 e. The van der Waals surface area contributed by atoms with E-state index < -0.39 is 0 Å². The van der Waals surface area contributed by atoms with Gasteiger partial charge in [-0.1, -0.05) is 12.1 Å². The lowest BCUT2D eigenvalue weighted by atomic mass is 10.1. The second-order valence-corrected chi connectivity index (χ2v) is 6.64. The molecule has 0 saturated heterocycles. The van der Waals surface area contributed by atoms with E-state index in [-0.39, 0.29) is 5.91 Å². The first-order chi connectivity index (χ1) is 12.6. The van der Waals surface area contributed by atoms with Crippen molar-refractivity contribution in [1.82, 2.24) is 15.3 Å². The fourth-order valence-corrected chi connectivity index (χ4v) is 3.19. The number of aryl methyl sites for hydroxylation is 2. The average Bonchev–Trinajstić information content (AvgIpc) is 3.10. The summed E-state index contributed by atoms with van der Waals surface area (Å²) in [5.41, 5.74) is 6.43. The number of nitrogens with one attached hydrogen (secondary N) is 1. The first-order valence-electron chi connectivity index (χ1n) is 8.88. The van der Waals surface area contributed by atoms with Gasteiger partial charge in [-0.3, -0.25) is 4.79 Å². The van der Waals surface area contributed by atoms with Gasteiger partial charge in [0, 0.05) is 18.5 Å². The Kier molecular flexibility index (Phi) is 4.29. The van der Waals surface area contributed by atoms with E-state index >= 15 is 0 Å². The first kappa shape index (κ1) is 16.5. The van der Waals surface area contributed by atoms with Crippen LogP contribution in [0.1, 0.15) is 32.9 Å². The molecule has 5 heteroatoms. The Morgan fingerprint density at radius 2 is 1.88 bits per heavy atom. The van der Waals surface area contributed by atoms with Crippen molar-refractivity contribution in [1.29, 1.82) is 0 Å². The molecule has 3 aromatic rings. The number of aromatic nitrogens is 2. The summed E-state index contributed by atoms with van der Waals surface area (Å²) in [6.07, 6.45) is 1.76. The molecule has 0 atom stereocenters. The number of fused-ring (bicyclic) bond motifs is 2. The quantitative estimate of drug-likeness (QED) is 0.787. The lowest BCUT2D eigenvalue weighted by Crippen LogP contribution is -2.25. The van der Waals surface area contributed by atoms with Crippen LogP contribution in [0.4, 0.5) is 0 Å². The third-order valence-electron chi connectivity index (χ3n) is 4.79. The Labute approximate surface area is 152 Å². The lowest BCUT2D eigenvalue weighted by molar-refractivity contribution is 0.0954. The van der Waals surface area contributed by atoms with Crippen LogP contribution < -0.4 is 10.1 Å². The van der Waals surface area contributed by atoms with Gasteiger partial charge in [-0.2, -0.15) is 0 Å². The number of hydrogen-bond donors (Lipinski definition) is 1. The normalized spacial score (nSPS) is 12.7. The number of nitrogens with zero attached hydrogens (tertiary/aromatic N) is 2. The molecule has 0 aliphatic carbocycles. The Bertz CT molecular complexity index is 998. The van der Waals surface area contributed by atoms with Gasteiger partial charge in [-0.05, 0) is 55.7 Å². The van der Waals surface area contributed by atoms with Crippen LogP contribution >= 0.6 is 0 Å². The molecule has 0 fully saturated rings. The minimum atomic E-state index is -0.0866. The molecule has 0 saturated carbocycles. The van der Waals surface area contributed by atoms with E-state index in [2.05, 4.69) is 27.4 Å². The summed E-state index contributed by atoms with van der Waals surface area (Å²) >= 11 is 0. The van der Waals surface area contributed by atoms with Crippen LogP contribution in [0.25, 0.3) is 11.0 Å². The molecule has 2 aromatic carbocycles. The Hall–Kier alpha value is -2.95. The number of carbonyl (C=O) groups excluding carboxylic acids is 1.